The Kier molecular flexibility index (Phi) is 4.46. The zero-order valence-corrected chi connectivity index (χ0v) is 11.5. The van der Waals surface area contributed by atoms with Crippen molar-refractivity contribution < 1.29 is 14.3 Å². The van der Waals surface area contributed by atoms with Gasteiger partial charge in [0.2, 0.25) is 17.7 Å². The predicted molar refractivity (Wildman–Crippen MR) is 75.1 cm³/mol. The summed E-state index contributed by atoms with van der Waals surface area (Å²) in [7, 11) is 2.90. The van der Waals surface area contributed by atoms with Crippen LogP contribution in [-0.2, 0) is 0 Å². The van der Waals surface area contributed by atoms with E-state index in [1.54, 1.807) is 6.07 Å². The molecule has 2 heterocycles. The minimum Gasteiger partial charge on any atom is -0.481 e. The number of carbonyl (C=O) groups excluding carboxylic acids is 1. The number of pyridine rings is 1. The van der Waals surface area contributed by atoms with Gasteiger partial charge < -0.3 is 14.9 Å². The van der Waals surface area contributed by atoms with Gasteiger partial charge in [0.25, 0.3) is 5.91 Å². The standard InChI is InChI=1S/C12H14N6O3/c1-20-9-5-10(21-2)16-12(15-9)17-11(19)7-6-14-4-3-8(7)18-13/h3-6H,13H2,1-2H3,(H,14,18)(H,15,16,17,19). The van der Waals surface area contributed by atoms with Crippen LogP contribution in [0.3, 0.4) is 0 Å². The molecule has 9 heteroatoms. The molecule has 0 radical (unpaired) electrons. The van der Waals surface area contributed by atoms with Crippen molar-refractivity contribution in [3.63, 3.8) is 0 Å². The topological polar surface area (TPSA) is 124 Å². The molecule has 0 aliphatic carbocycles. The number of methoxy groups -OCH3 is 2. The average Bonchev–Trinajstić information content (AvgIpc) is 2.54. The van der Waals surface area contributed by atoms with Crippen molar-refractivity contribution in [2.45, 2.75) is 0 Å². The second-order valence-corrected chi connectivity index (χ2v) is 3.80. The molecular formula is C12H14N6O3. The van der Waals surface area contributed by atoms with E-state index >= 15 is 0 Å². The second kappa shape index (κ2) is 6.48. The Balaban J connectivity index is 2.27. The fraction of sp³-hybridized carbons (Fsp3) is 0.167. The summed E-state index contributed by atoms with van der Waals surface area (Å²) in [6.07, 6.45) is 2.89. The quantitative estimate of drug-likeness (QED) is 0.534. The van der Waals surface area contributed by atoms with Gasteiger partial charge >= 0.3 is 0 Å². The number of aromatic nitrogens is 3. The van der Waals surface area contributed by atoms with Crippen LogP contribution < -0.4 is 26.1 Å². The molecule has 0 aliphatic rings. The summed E-state index contributed by atoms with van der Waals surface area (Å²) in [4.78, 5) is 24.1. The first kappa shape index (κ1) is 14.5. The number of nitrogens with zero attached hydrogens (tertiary/aromatic N) is 3. The lowest BCUT2D eigenvalue weighted by molar-refractivity contribution is 0.102. The first-order valence-corrected chi connectivity index (χ1v) is 5.87. The number of nitrogen functional groups attached to an aromatic ring is 1. The Labute approximate surface area is 120 Å². The summed E-state index contributed by atoms with van der Waals surface area (Å²) in [5, 5.41) is 2.53. The van der Waals surface area contributed by atoms with Crippen LogP contribution in [0, 0.1) is 0 Å². The monoisotopic (exact) mass is 290 g/mol. The van der Waals surface area contributed by atoms with Crippen molar-refractivity contribution in [2.75, 3.05) is 25.0 Å². The first-order chi connectivity index (χ1) is 10.2. The number of rotatable bonds is 5. The van der Waals surface area contributed by atoms with Gasteiger partial charge in [-0.05, 0) is 6.07 Å². The van der Waals surface area contributed by atoms with E-state index in [2.05, 4.69) is 25.7 Å². The van der Waals surface area contributed by atoms with Crippen LogP contribution in [0.15, 0.2) is 24.5 Å². The molecule has 0 atom stereocenters. The zero-order chi connectivity index (χ0) is 15.2. The lowest BCUT2D eigenvalue weighted by Gasteiger charge is -2.09. The number of carbonyl (C=O) groups is 1. The Bertz CT molecular complexity index is 626. The highest BCUT2D eigenvalue weighted by Crippen LogP contribution is 2.19. The van der Waals surface area contributed by atoms with Gasteiger partial charge in [0, 0.05) is 12.4 Å². The zero-order valence-electron chi connectivity index (χ0n) is 11.5. The van der Waals surface area contributed by atoms with Gasteiger partial charge in [0.05, 0.1) is 31.5 Å². The highest BCUT2D eigenvalue weighted by molar-refractivity contribution is 6.07. The predicted octanol–water partition coefficient (Wildman–Crippen LogP) is 0.427. The van der Waals surface area contributed by atoms with Gasteiger partial charge in [0.15, 0.2) is 0 Å². The summed E-state index contributed by atoms with van der Waals surface area (Å²) >= 11 is 0. The summed E-state index contributed by atoms with van der Waals surface area (Å²) in [6.45, 7) is 0. The van der Waals surface area contributed by atoms with Crippen LogP contribution in [0.1, 0.15) is 10.4 Å². The van der Waals surface area contributed by atoms with Gasteiger partial charge in [-0.3, -0.25) is 20.9 Å². The number of hydrogen-bond acceptors (Lipinski definition) is 8. The van der Waals surface area contributed by atoms with E-state index in [0.29, 0.717) is 5.69 Å². The van der Waals surface area contributed by atoms with Crippen LogP contribution in [0.4, 0.5) is 11.6 Å². The van der Waals surface area contributed by atoms with Crippen molar-refractivity contribution in [1.82, 2.24) is 15.0 Å². The molecule has 2 aromatic rings. The fourth-order valence-electron chi connectivity index (χ4n) is 1.54. The van der Waals surface area contributed by atoms with E-state index in [0.717, 1.165) is 0 Å². The summed E-state index contributed by atoms with van der Waals surface area (Å²) in [5.74, 6) is 5.45. The lowest BCUT2D eigenvalue weighted by Crippen LogP contribution is -2.19. The minimum absolute atomic E-state index is 0.0445. The van der Waals surface area contributed by atoms with Crippen molar-refractivity contribution in [1.29, 1.82) is 0 Å². The van der Waals surface area contributed by atoms with Crippen molar-refractivity contribution in [2.24, 2.45) is 5.84 Å². The van der Waals surface area contributed by atoms with Crippen molar-refractivity contribution >= 4 is 17.5 Å². The molecule has 9 nitrogen and oxygen atoms in total. The molecule has 21 heavy (non-hydrogen) atoms. The Morgan fingerprint density at radius 3 is 2.48 bits per heavy atom. The summed E-state index contributed by atoms with van der Waals surface area (Å²) < 4.78 is 10.0. The van der Waals surface area contributed by atoms with Crippen LogP contribution in [0.25, 0.3) is 0 Å². The Hall–Kier alpha value is -2.94. The maximum Gasteiger partial charge on any atom is 0.261 e. The van der Waals surface area contributed by atoms with Crippen LogP contribution >= 0.6 is 0 Å². The highest BCUT2D eigenvalue weighted by atomic mass is 16.5. The highest BCUT2D eigenvalue weighted by Gasteiger charge is 2.14. The third-order valence-corrected chi connectivity index (χ3v) is 2.54. The smallest absolute Gasteiger partial charge is 0.261 e. The average molecular weight is 290 g/mol. The molecule has 0 fully saturated rings. The number of ether oxygens (including phenoxy) is 2. The Morgan fingerprint density at radius 2 is 1.90 bits per heavy atom. The molecule has 2 rings (SSSR count). The number of hydrazine groups is 1. The fourth-order valence-corrected chi connectivity index (χ4v) is 1.54. The normalized spacial score (nSPS) is 9.86. The minimum atomic E-state index is -0.466. The molecule has 0 aliphatic heterocycles. The molecule has 0 saturated heterocycles. The number of nitrogens with one attached hydrogen (secondary N) is 2. The molecule has 110 valence electrons. The Morgan fingerprint density at radius 1 is 1.24 bits per heavy atom. The molecule has 0 aromatic carbocycles. The van der Waals surface area contributed by atoms with Gasteiger partial charge in [-0.2, -0.15) is 9.97 Å². The third-order valence-electron chi connectivity index (χ3n) is 2.54. The molecule has 1 amide bonds. The SMILES string of the molecule is COc1cc(OC)nc(NC(=O)c2cnccc2NN)n1. The molecule has 0 saturated carbocycles. The maximum absolute atomic E-state index is 12.2. The van der Waals surface area contributed by atoms with Gasteiger partial charge in [-0.25, -0.2) is 0 Å². The van der Waals surface area contributed by atoms with E-state index in [1.807, 2.05) is 0 Å². The van der Waals surface area contributed by atoms with E-state index in [-0.39, 0.29) is 23.3 Å². The van der Waals surface area contributed by atoms with Crippen molar-refractivity contribution in [3.05, 3.63) is 30.1 Å². The second-order valence-electron chi connectivity index (χ2n) is 3.80. The van der Waals surface area contributed by atoms with E-state index in [4.69, 9.17) is 15.3 Å². The van der Waals surface area contributed by atoms with Gasteiger partial charge in [-0.15, -0.1) is 0 Å². The molecule has 2 aromatic heterocycles. The van der Waals surface area contributed by atoms with E-state index in [1.165, 1.54) is 32.7 Å². The van der Waals surface area contributed by atoms with Gasteiger partial charge in [0.1, 0.15) is 0 Å². The number of hydrogen-bond donors (Lipinski definition) is 3. The van der Waals surface area contributed by atoms with E-state index < -0.39 is 5.91 Å². The molecule has 0 spiro atoms. The van der Waals surface area contributed by atoms with E-state index in [9.17, 15) is 4.79 Å². The molecule has 0 unspecified atom stereocenters. The summed E-state index contributed by atoms with van der Waals surface area (Å²) in [5.41, 5.74) is 3.10. The summed E-state index contributed by atoms with van der Waals surface area (Å²) in [6, 6.07) is 3.06. The van der Waals surface area contributed by atoms with Crippen LogP contribution in [0.5, 0.6) is 11.8 Å². The molecular weight excluding hydrogens is 276 g/mol. The lowest BCUT2D eigenvalue weighted by atomic mass is 10.2. The molecule has 4 N–H and O–H groups in total. The first-order valence-electron chi connectivity index (χ1n) is 5.87. The number of amides is 1. The van der Waals surface area contributed by atoms with Crippen LogP contribution in [-0.4, -0.2) is 35.1 Å². The third kappa shape index (κ3) is 3.34. The number of nitrogens with two attached hydrogens (primary N) is 1. The largest absolute Gasteiger partial charge is 0.481 e. The maximum atomic E-state index is 12.2. The van der Waals surface area contributed by atoms with Gasteiger partial charge in [-0.1, -0.05) is 0 Å². The number of anilines is 2. The molecule has 0 bridgehead atoms. The van der Waals surface area contributed by atoms with Crippen molar-refractivity contribution in [3.8, 4) is 11.8 Å². The van der Waals surface area contributed by atoms with Crippen LogP contribution in [0.2, 0.25) is 0 Å².